The number of nitrogens with one attached hydrogen (secondary N) is 1. The van der Waals surface area contributed by atoms with Crippen LogP contribution in [0.4, 0.5) is 0 Å². The molecule has 5 heteroatoms. The number of amides is 1. The highest BCUT2D eigenvalue weighted by Crippen LogP contribution is 2.33. The molecule has 0 heterocycles. The van der Waals surface area contributed by atoms with Crippen molar-refractivity contribution in [3.8, 4) is 0 Å². The summed E-state index contributed by atoms with van der Waals surface area (Å²) in [6.07, 6.45) is 5.78. The number of hydrogen-bond donors (Lipinski definition) is 2. The van der Waals surface area contributed by atoms with Crippen LogP contribution in [0.25, 0.3) is 0 Å². The van der Waals surface area contributed by atoms with Crippen molar-refractivity contribution in [2.45, 2.75) is 64.5 Å². The summed E-state index contributed by atoms with van der Waals surface area (Å²) in [5.41, 5.74) is 0. The number of carboxylic acids is 1. The van der Waals surface area contributed by atoms with Gasteiger partial charge in [-0.05, 0) is 43.9 Å². The van der Waals surface area contributed by atoms with Gasteiger partial charge in [0, 0.05) is 25.0 Å². The van der Waals surface area contributed by atoms with Gasteiger partial charge in [-0.2, -0.15) is 0 Å². The molecule has 0 aliphatic heterocycles. The highest BCUT2D eigenvalue weighted by Gasteiger charge is 2.37. The van der Waals surface area contributed by atoms with Crippen molar-refractivity contribution < 1.29 is 14.7 Å². The van der Waals surface area contributed by atoms with Crippen LogP contribution < -0.4 is 5.32 Å². The van der Waals surface area contributed by atoms with E-state index in [0.717, 1.165) is 25.8 Å². The fourth-order valence-corrected chi connectivity index (χ4v) is 2.87. The third-order valence-electron chi connectivity index (χ3n) is 4.47. The number of carbonyl (C=O) groups excluding carboxylic acids is 1. The molecule has 0 aromatic carbocycles. The smallest absolute Gasteiger partial charge is 0.317 e. The van der Waals surface area contributed by atoms with E-state index in [1.54, 1.807) is 0 Å². The molecule has 0 aromatic rings. The molecule has 5 nitrogen and oxygen atoms in total. The molecule has 0 bridgehead atoms. The molecule has 0 radical (unpaired) electrons. The summed E-state index contributed by atoms with van der Waals surface area (Å²) in [5.74, 6) is 0.637. The monoisotopic (exact) mass is 296 g/mol. The van der Waals surface area contributed by atoms with E-state index in [-0.39, 0.29) is 18.5 Å². The minimum absolute atomic E-state index is 0.134. The summed E-state index contributed by atoms with van der Waals surface area (Å²) in [5, 5.41) is 12.1. The van der Waals surface area contributed by atoms with Crippen LogP contribution in [0.3, 0.4) is 0 Å². The third-order valence-corrected chi connectivity index (χ3v) is 4.47. The first-order chi connectivity index (χ1) is 9.94. The van der Waals surface area contributed by atoms with Crippen molar-refractivity contribution in [2.75, 3.05) is 13.1 Å². The van der Waals surface area contributed by atoms with E-state index >= 15 is 0 Å². The molecule has 2 saturated carbocycles. The van der Waals surface area contributed by atoms with Crippen LogP contribution in [0.2, 0.25) is 0 Å². The van der Waals surface area contributed by atoms with Gasteiger partial charge >= 0.3 is 5.97 Å². The standard InChI is InChI=1S/C16H28N2O3/c1-11(2)3-6-15(19)17-13-7-14(8-13)18(10-16(20)21)9-12-4-5-12/h11-14H,3-10H2,1-2H3,(H,17,19)(H,20,21). The van der Waals surface area contributed by atoms with Crippen molar-refractivity contribution in [1.82, 2.24) is 10.2 Å². The second-order valence-electron chi connectivity index (χ2n) is 7.09. The number of aliphatic carboxylic acids is 1. The quantitative estimate of drug-likeness (QED) is 0.681. The van der Waals surface area contributed by atoms with E-state index < -0.39 is 5.97 Å². The number of carbonyl (C=O) groups is 2. The Morgan fingerprint density at radius 3 is 2.48 bits per heavy atom. The van der Waals surface area contributed by atoms with Crippen LogP contribution in [-0.4, -0.2) is 47.1 Å². The maximum Gasteiger partial charge on any atom is 0.317 e. The third kappa shape index (κ3) is 5.65. The molecular formula is C16H28N2O3. The molecule has 0 unspecified atom stereocenters. The number of nitrogens with zero attached hydrogens (tertiary/aromatic N) is 1. The van der Waals surface area contributed by atoms with Gasteiger partial charge in [-0.15, -0.1) is 0 Å². The van der Waals surface area contributed by atoms with Crippen LogP contribution in [0.15, 0.2) is 0 Å². The molecule has 2 rings (SSSR count). The van der Waals surface area contributed by atoms with Gasteiger partial charge in [0.25, 0.3) is 0 Å². The molecule has 0 saturated heterocycles. The average molecular weight is 296 g/mol. The Kier molecular flexibility index (Phi) is 5.62. The summed E-state index contributed by atoms with van der Waals surface area (Å²) in [6.45, 7) is 5.28. The molecule has 120 valence electrons. The second kappa shape index (κ2) is 7.25. The molecule has 0 spiro atoms. The summed E-state index contributed by atoms with van der Waals surface area (Å²) < 4.78 is 0. The van der Waals surface area contributed by atoms with Gasteiger partial charge in [-0.3, -0.25) is 14.5 Å². The molecular weight excluding hydrogens is 268 g/mol. The predicted octanol–water partition coefficient (Wildman–Crippen LogP) is 1.87. The van der Waals surface area contributed by atoms with E-state index in [1.165, 1.54) is 12.8 Å². The summed E-state index contributed by atoms with van der Waals surface area (Å²) in [6, 6.07) is 0.572. The predicted molar refractivity (Wildman–Crippen MR) is 81.0 cm³/mol. The lowest BCUT2D eigenvalue weighted by Gasteiger charge is -2.42. The van der Waals surface area contributed by atoms with Crippen LogP contribution in [0.1, 0.15) is 52.4 Å². The first kappa shape index (κ1) is 16.3. The highest BCUT2D eigenvalue weighted by atomic mass is 16.4. The zero-order valence-electron chi connectivity index (χ0n) is 13.2. The van der Waals surface area contributed by atoms with E-state index in [2.05, 4.69) is 24.1 Å². The lowest BCUT2D eigenvalue weighted by atomic mass is 9.85. The van der Waals surface area contributed by atoms with Gasteiger partial charge in [0.05, 0.1) is 6.54 Å². The van der Waals surface area contributed by atoms with Gasteiger partial charge in [0.2, 0.25) is 5.91 Å². The Bertz CT molecular complexity index is 374. The Morgan fingerprint density at radius 2 is 1.95 bits per heavy atom. The molecule has 1 amide bonds. The number of rotatable bonds is 9. The lowest BCUT2D eigenvalue weighted by molar-refractivity contribution is -0.140. The number of hydrogen-bond acceptors (Lipinski definition) is 3. The Hall–Kier alpha value is -1.10. The highest BCUT2D eigenvalue weighted by molar-refractivity contribution is 5.76. The normalized spacial score (nSPS) is 25.0. The Morgan fingerprint density at radius 1 is 1.29 bits per heavy atom. The summed E-state index contributed by atoms with van der Waals surface area (Å²) >= 11 is 0. The first-order valence-corrected chi connectivity index (χ1v) is 8.19. The molecule has 2 aliphatic carbocycles. The van der Waals surface area contributed by atoms with E-state index in [9.17, 15) is 9.59 Å². The van der Waals surface area contributed by atoms with Crippen molar-refractivity contribution in [1.29, 1.82) is 0 Å². The molecule has 0 atom stereocenters. The summed E-state index contributed by atoms with van der Waals surface area (Å²) in [7, 11) is 0. The van der Waals surface area contributed by atoms with Gasteiger partial charge in [0.1, 0.15) is 0 Å². The van der Waals surface area contributed by atoms with Crippen molar-refractivity contribution in [3.63, 3.8) is 0 Å². The molecule has 21 heavy (non-hydrogen) atoms. The van der Waals surface area contributed by atoms with Gasteiger partial charge in [0.15, 0.2) is 0 Å². The van der Waals surface area contributed by atoms with Crippen molar-refractivity contribution in [2.24, 2.45) is 11.8 Å². The van der Waals surface area contributed by atoms with Crippen LogP contribution in [0.5, 0.6) is 0 Å². The fraction of sp³-hybridized carbons (Fsp3) is 0.875. The topological polar surface area (TPSA) is 69.6 Å². The minimum atomic E-state index is -0.750. The van der Waals surface area contributed by atoms with E-state index in [1.807, 2.05) is 0 Å². The van der Waals surface area contributed by atoms with Crippen molar-refractivity contribution >= 4 is 11.9 Å². The summed E-state index contributed by atoms with van der Waals surface area (Å²) in [4.78, 5) is 24.8. The van der Waals surface area contributed by atoms with Crippen LogP contribution >= 0.6 is 0 Å². The lowest BCUT2D eigenvalue weighted by Crippen LogP contribution is -2.55. The minimum Gasteiger partial charge on any atom is -0.480 e. The van der Waals surface area contributed by atoms with Crippen molar-refractivity contribution in [3.05, 3.63) is 0 Å². The van der Waals surface area contributed by atoms with Gasteiger partial charge in [-0.1, -0.05) is 13.8 Å². The van der Waals surface area contributed by atoms with Crippen LogP contribution in [-0.2, 0) is 9.59 Å². The largest absolute Gasteiger partial charge is 0.480 e. The van der Waals surface area contributed by atoms with E-state index in [4.69, 9.17) is 5.11 Å². The molecule has 0 aromatic heterocycles. The van der Waals surface area contributed by atoms with E-state index in [0.29, 0.717) is 24.3 Å². The van der Waals surface area contributed by atoms with Gasteiger partial charge in [-0.25, -0.2) is 0 Å². The number of carboxylic acid groups (broad SMARTS) is 1. The SMILES string of the molecule is CC(C)CCC(=O)NC1CC(N(CC(=O)O)CC2CC2)C1. The zero-order valence-corrected chi connectivity index (χ0v) is 13.2. The van der Waals surface area contributed by atoms with Crippen LogP contribution in [0, 0.1) is 11.8 Å². The first-order valence-electron chi connectivity index (χ1n) is 8.19. The molecule has 2 N–H and O–H groups in total. The molecule has 2 aliphatic rings. The fourth-order valence-electron chi connectivity index (χ4n) is 2.87. The maximum atomic E-state index is 11.8. The molecule has 2 fully saturated rings. The maximum absolute atomic E-state index is 11.8. The van der Waals surface area contributed by atoms with Gasteiger partial charge < -0.3 is 10.4 Å². The second-order valence-corrected chi connectivity index (χ2v) is 7.09. The Balaban J connectivity index is 1.68. The zero-order chi connectivity index (χ0) is 15.4. The Labute approximate surface area is 127 Å². The average Bonchev–Trinajstić information content (AvgIpc) is 3.13.